The summed E-state index contributed by atoms with van der Waals surface area (Å²) >= 11 is 0. The molecule has 3 aromatic rings. The number of rotatable bonds is 6. The molecule has 0 bridgehead atoms. The summed E-state index contributed by atoms with van der Waals surface area (Å²) < 4.78 is 10.8. The zero-order valence-corrected chi connectivity index (χ0v) is 15.1. The molecule has 6 nitrogen and oxygen atoms in total. The van der Waals surface area contributed by atoms with E-state index >= 15 is 0 Å². The third-order valence-corrected chi connectivity index (χ3v) is 3.89. The van der Waals surface area contributed by atoms with Crippen LogP contribution in [-0.4, -0.2) is 22.7 Å². The molecule has 26 heavy (non-hydrogen) atoms. The van der Waals surface area contributed by atoms with Crippen LogP contribution in [0, 0.1) is 13.8 Å². The van der Waals surface area contributed by atoms with E-state index < -0.39 is 0 Å². The zero-order valence-electron chi connectivity index (χ0n) is 15.1. The second kappa shape index (κ2) is 7.82. The van der Waals surface area contributed by atoms with Gasteiger partial charge in [-0.2, -0.15) is 4.98 Å². The van der Waals surface area contributed by atoms with Crippen molar-refractivity contribution in [2.45, 2.75) is 27.2 Å². The molecule has 3 rings (SSSR count). The van der Waals surface area contributed by atoms with Crippen molar-refractivity contribution in [3.05, 3.63) is 59.4 Å². The third kappa shape index (κ3) is 4.27. The first-order valence-electron chi connectivity index (χ1n) is 8.48. The first kappa shape index (κ1) is 17.7. The molecular formula is C20H21N3O3. The summed E-state index contributed by atoms with van der Waals surface area (Å²) in [5.74, 6) is 1.44. The van der Waals surface area contributed by atoms with E-state index in [-0.39, 0.29) is 12.5 Å². The molecule has 0 saturated heterocycles. The molecule has 1 N–H and O–H groups in total. The van der Waals surface area contributed by atoms with E-state index in [0.717, 1.165) is 22.4 Å². The van der Waals surface area contributed by atoms with Gasteiger partial charge >= 0.3 is 0 Å². The number of carbonyl (C=O) groups excluding carboxylic acids is 1. The Morgan fingerprint density at radius 2 is 2.04 bits per heavy atom. The Labute approximate surface area is 152 Å². The number of hydrogen-bond acceptors (Lipinski definition) is 5. The lowest BCUT2D eigenvalue weighted by Gasteiger charge is -2.10. The topological polar surface area (TPSA) is 77.2 Å². The molecule has 1 aromatic heterocycles. The standard InChI is InChI=1S/C20H21N3O3/c1-4-18-22-20(26-23-18)15-6-5-7-16(11-15)25-12-19(24)21-17-9-8-13(2)10-14(17)3/h5-11H,4,12H2,1-3H3,(H,21,24). The largest absolute Gasteiger partial charge is 0.484 e. The van der Waals surface area contributed by atoms with E-state index in [1.807, 2.05) is 51.1 Å². The molecule has 0 aliphatic heterocycles. The molecule has 0 spiro atoms. The van der Waals surface area contributed by atoms with Gasteiger partial charge in [0, 0.05) is 17.7 Å². The van der Waals surface area contributed by atoms with Crippen LogP contribution < -0.4 is 10.1 Å². The normalized spacial score (nSPS) is 10.6. The summed E-state index contributed by atoms with van der Waals surface area (Å²) in [5.41, 5.74) is 3.71. The van der Waals surface area contributed by atoms with E-state index in [2.05, 4.69) is 15.5 Å². The minimum absolute atomic E-state index is 0.0825. The van der Waals surface area contributed by atoms with E-state index in [1.165, 1.54) is 0 Å². The average molecular weight is 351 g/mol. The van der Waals surface area contributed by atoms with Gasteiger partial charge in [-0.1, -0.05) is 35.8 Å². The van der Waals surface area contributed by atoms with Gasteiger partial charge in [-0.15, -0.1) is 0 Å². The van der Waals surface area contributed by atoms with Gasteiger partial charge in [0.25, 0.3) is 11.8 Å². The number of benzene rings is 2. The third-order valence-electron chi connectivity index (χ3n) is 3.89. The molecule has 1 heterocycles. The van der Waals surface area contributed by atoms with Crippen molar-refractivity contribution in [3.63, 3.8) is 0 Å². The van der Waals surface area contributed by atoms with Crippen molar-refractivity contribution in [2.75, 3.05) is 11.9 Å². The van der Waals surface area contributed by atoms with Crippen molar-refractivity contribution in [3.8, 4) is 17.2 Å². The van der Waals surface area contributed by atoms with E-state index in [9.17, 15) is 4.79 Å². The molecule has 0 aliphatic carbocycles. The van der Waals surface area contributed by atoms with Crippen molar-refractivity contribution in [1.29, 1.82) is 0 Å². The lowest BCUT2D eigenvalue weighted by atomic mass is 10.1. The molecular weight excluding hydrogens is 330 g/mol. The Morgan fingerprint density at radius 3 is 2.77 bits per heavy atom. The predicted molar refractivity (Wildman–Crippen MR) is 99.2 cm³/mol. The molecule has 6 heteroatoms. The lowest BCUT2D eigenvalue weighted by molar-refractivity contribution is -0.118. The Bertz CT molecular complexity index is 918. The van der Waals surface area contributed by atoms with Crippen LogP contribution in [0.5, 0.6) is 5.75 Å². The summed E-state index contributed by atoms with van der Waals surface area (Å²) in [7, 11) is 0. The van der Waals surface area contributed by atoms with Crippen LogP contribution in [-0.2, 0) is 11.2 Å². The maximum Gasteiger partial charge on any atom is 0.262 e. The smallest absolute Gasteiger partial charge is 0.262 e. The van der Waals surface area contributed by atoms with Gasteiger partial charge in [0.1, 0.15) is 5.75 Å². The number of nitrogens with zero attached hydrogens (tertiary/aromatic N) is 2. The maximum absolute atomic E-state index is 12.1. The van der Waals surface area contributed by atoms with Crippen LogP contribution in [0.4, 0.5) is 5.69 Å². The number of nitrogens with one attached hydrogen (secondary N) is 1. The number of anilines is 1. The number of ether oxygens (including phenoxy) is 1. The minimum Gasteiger partial charge on any atom is -0.484 e. The summed E-state index contributed by atoms with van der Waals surface area (Å²) in [6.45, 7) is 5.85. The van der Waals surface area contributed by atoms with Crippen LogP contribution in [0.1, 0.15) is 23.9 Å². The molecule has 134 valence electrons. The SMILES string of the molecule is CCc1noc(-c2cccc(OCC(=O)Nc3ccc(C)cc3C)c2)n1. The number of amides is 1. The zero-order chi connectivity index (χ0) is 18.5. The van der Waals surface area contributed by atoms with Crippen LogP contribution >= 0.6 is 0 Å². The Hall–Kier alpha value is -3.15. The van der Waals surface area contributed by atoms with Crippen LogP contribution in [0.3, 0.4) is 0 Å². The van der Waals surface area contributed by atoms with E-state index in [0.29, 0.717) is 23.9 Å². The fraction of sp³-hybridized carbons (Fsp3) is 0.250. The molecule has 0 atom stereocenters. The van der Waals surface area contributed by atoms with E-state index in [1.54, 1.807) is 12.1 Å². The van der Waals surface area contributed by atoms with E-state index in [4.69, 9.17) is 9.26 Å². The highest BCUT2D eigenvalue weighted by molar-refractivity contribution is 5.92. The fourth-order valence-corrected chi connectivity index (χ4v) is 2.52. The summed E-state index contributed by atoms with van der Waals surface area (Å²) in [5, 5.41) is 6.75. The molecule has 2 aromatic carbocycles. The van der Waals surface area contributed by atoms with Crippen molar-refractivity contribution in [2.24, 2.45) is 0 Å². The lowest BCUT2D eigenvalue weighted by Crippen LogP contribution is -2.20. The monoisotopic (exact) mass is 351 g/mol. The van der Waals surface area contributed by atoms with Gasteiger partial charge in [0.05, 0.1) is 0 Å². The molecule has 0 unspecified atom stereocenters. The van der Waals surface area contributed by atoms with Crippen molar-refractivity contribution >= 4 is 11.6 Å². The minimum atomic E-state index is -0.214. The maximum atomic E-state index is 12.1. The van der Waals surface area contributed by atoms with Crippen LogP contribution in [0.2, 0.25) is 0 Å². The van der Waals surface area contributed by atoms with Gasteiger partial charge in [0.2, 0.25) is 0 Å². The summed E-state index contributed by atoms with van der Waals surface area (Å²) in [4.78, 5) is 16.4. The second-order valence-electron chi connectivity index (χ2n) is 6.05. The Kier molecular flexibility index (Phi) is 5.31. The van der Waals surface area contributed by atoms with Crippen LogP contribution in [0.15, 0.2) is 47.0 Å². The fourth-order valence-electron chi connectivity index (χ4n) is 2.52. The molecule has 0 aliphatic rings. The first-order valence-corrected chi connectivity index (χ1v) is 8.48. The van der Waals surface area contributed by atoms with Gasteiger partial charge in [-0.3, -0.25) is 4.79 Å². The quantitative estimate of drug-likeness (QED) is 0.728. The highest BCUT2D eigenvalue weighted by Gasteiger charge is 2.10. The predicted octanol–water partition coefficient (Wildman–Crippen LogP) is 3.93. The molecule has 0 fully saturated rings. The second-order valence-corrected chi connectivity index (χ2v) is 6.05. The summed E-state index contributed by atoms with van der Waals surface area (Å²) in [6.07, 6.45) is 0.707. The van der Waals surface area contributed by atoms with Crippen LogP contribution in [0.25, 0.3) is 11.5 Å². The van der Waals surface area contributed by atoms with Crippen molar-refractivity contribution in [1.82, 2.24) is 10.1 Å². The van der Waals surface area contributed by atoms with Crippen molar-refractivity contribution < 1.29 is 14.1 Å². The highest BCUT2D eigenvalue weighted by Crippen LogP contribution is 2.22. The summed E-state index contributed by atoms with van der Waals surface area (Å²) in [6, 6.07) is 13.1. The van der Waals surface area contributed by atoms with Gasteiger partial charge < -0.3 is 14.6 Å². The van der Waals surface area contributed by atoms with Gasteiger partial charge in [-0.25, -0.2) is 0 Å². The Morgan fingerprint density at radius 1 is 1.19 bits per heavy atom. The molecule has 1 amide bonds. The number of aryl methyl sites for hydroxylation is 3. The number of hydrogen-bond donors (Lipinski definition) is 1. The average Bonchev–Trinajstić information content (AvgIpc) is 3.12. The van der Waals surface area contributed by atoms with Gasteiger partial charge in [0.15, 0.2) is 12.4 Å². The number of aromatic nitrogens is 2. The Balaban J connectivity index is 1.62. The highest BCUT2D eigenvalue weighted by atomic mass is 16.5. The number of carbonyl (C=O) groups is 1. The first-order chi connectivity index (χ1) is 12.5. The molecule has 0 saturated carbocycles. The van der Waals surface area contributed by atoms with Gasteiger partial charge in [-0.05, 0) is 43.7 Å². The molecule has 0 radical (unpaired) electrons.